The van der Waals surface area contributed by atoms with Gasteiger partial charge in [0.1, 0.15) is 0 Å². The molecular weight excluding hydrogens is 366 g/mol. The number of hydrogen-bond acceptors (Lipinski definition) is 5. The molecule has 1 aliphatic rings. The Labute approximate surface area is 159 Å². The zero-order valence-corrected chi connectivity index (χ0v) is 16.2. The van der Waals surface area contributed by atoms with Crippen LogP contribution in [0.25, 0.3) is 0 Å². The first-order valence-corrected chi connectivity index (χ1v) is 10.3. The second kappa shape index (κ2) is 8.00. The molecule has 3 rings (SSSR count). The van der Waals surface area contributed by atoms with Gasteiger partial charge >= 0.3 is 0 Å². The van der Waals surface area contributed by atoms with E-state index in [9.17, 15) is 13.2 Å². The first-order valence-electron chi connectivity index (χ1n) is 8.73. The van der Waals surface area contributed by atoms with Crippen molar-refractivity contribution in [2.45, 2.75) is 23.0 Å². The second-order valence-corrected chi connectivity index (χ2v) is 8.70. The van der Waals surface area contributed by atoms with Gasteiger partial charge in [-0.15, -0.1) is 0 Å². The number of benzene rings is 2. The van der Waals surface area contributed by atoms with Crippen molar-refractivity contribution in [2.24, 2.45) is 0 Å². The lowest BCUT2D eigenvalue weighted by molar-refractivity contribution is -0.129. The summed E-state index contributed by atoms with van der Waals surface area (Å²) in [4.78, 5) is 14.6. The molecule has 0 aromatic heterocycles. The van der Waals surface area contributed by atoms with Crippen LogP contribution in [0.3, 0.4) is 0 Å². The van der Waals surface area contributed by atoms with Gasteiger partial charge in [0.05, 0.1) is 30.8 Å². The largest absolute Gasteiger partial charge is 0.493 e. The van der Waals surface area contributed by atoms with Gasteiger partial charge in [0.15, 0.2) is 21.3 Å². The quantitative estimate of drug-likeness (QED) is 0.758. The third-order valence-corrected chi connectivity index (χ3v) is 7.00. The number of carbonyl (C=O) groups excluding carboxylic acids is 1. The highest BCUT2D eigenvalue weighted by Gasteiger charge is 2.35. The summed E-state index contributed by atoms with van der Waals surface area (Å²) in [5.41, 5.74) is 0.798. The minimum Gasteiger partial charge on any atom is -0.493 e. The standard InChI is InChI=1S/C20H23NO5S/c1-25-18-9-8-15(12-19(18)26-2)13-20(22)21-11-10-17(14-21)27(23,24)16-6-4-3-5-7-16/h3-9,12,17H,10-11,13-14H2,1-2H3/t17-/m1/s1. The molecule has 1 heterocycles. The highest BCUT2D eigenvalue weighted by molar-refractivity contribution is 7.92. The van der Waals surface area contributed by atoms with Crippen LogP contribution in [0, 0.1) is 0 Å². The molecule has 2 aromatic carbocycles. The van der Waals surface area contributed by atoms with Crippen LogP contribution < -0.4 is 9.47 Å². The Kier molecular flexibility index (Phi) is 5.70. The topological polar surface area (TPSA) is 72.9 Å². The number of rotatable bonds is 6. The number of nitrogens with zero attached hydrogens (tertiary/aromatic N) is 1. The van der Waals surface area contributed by atoms with Crippen molar-refractivity contribution in [3.8, 4) is 11.5 Å². The van der Waals surface area contributed by atoms with E-state index in [-0.39, 0.29) is 18.9 Å². The zero-order chi connectivity index (χ0) is 19.4. The van der Waals surface area contributed by atoms with Crippen molar-refractivity contribution in [3.63, 3.8) is 0 Å². The van der Waals surface area contributed by atoms with Gasteiger partial charge in [0, 0.05) is 13.1 Å². The van der Waals surface area contributed by atoms with Crippen molar-refractivity contribution < 1.29 is 22.7 Å². The van der Waals surface area contributed by atoms with Gasteiger partial charge in [0.2, 0.25) is 5.91 Å². The summed E-state index contributed by atoms with van der Waals surface area (Å²) in [6.45, 7) is 0.673. The molecule has 1 saturated heterocycles. The summed E-state index contributed by atoms with van der Waals surface area (Å²) in [7, 11) is -0.328. The van der Waals surface area contributed by atoms with Crippen molar-refractivity contribution in [2.75, 3.05) is 27.3 Å². The maximum absolute atomic E-state index is 12.7. The van der Waals surface area contributed by atoms with Gasteiger partial charge in [-0.25, -0.2) is 8.42 Å². The molecule has 144 valence electrons. The molecule has 0 radical (unpaired) electrons. The van der Waals surface area contributed by atoms with Gasteiger partial charge in [-0.3, -0.25) is 4.79 Å². The molecule has 7 heteroatoms. The van der Waals surface area contributed by atoms with E-state index in [4.69, 9.17) is 9.47 Å². The lowest BCUT2D eigenvalue weighted by Gasteiger charge is -2.17. The molecule has 0 spiro atoms. The lowest BCUT2D eigenvalue weighted by atomic mass is 10.1. The second-order valence-electron chi connectivity index (χ2n) is 6.47. The monoisotopic (exact) mass is 389 g/mol. The fourth-order valence-corrected chi connectivity index (χ4v) is 5.00. The first-order chi connectivity index (χ1) is 13.0. The van der Waals surface area contributed by atoms with E-state index in [0.717, 1.165) is 5.56 Å². The molecule has 0 N–H and O–H groups in total. The van der Waals surface area contributed by atoms with E-state index in [1.165, 1.54) is 0 Å². The van der Waals surface area contributed by atoms with Crippen LogP contribution in [0.4, 0.5) is 0 Å². The normalized spacial score (nSPS) is 17.0. The van der Waals surface area contributed by atoms with Crippen molar-refractivity contribution >= 4 is 15.7 Å². The van der Waals surface area contributed by atoms with Crippen LogP contribution in [-0.4, -0.2) is 51.8 Å². The van der Waals surface area contributed by atoms with Crippen molar-refractivity contribution in [1.29, 1.82) is 0 Å². The van der Waals surface area contributed by atoms with Crippen LogP contribution in [0.2, 0.25) is 0 Å². The number of likely N-dealkylation sites (tertiary alicyclic amines) is 1. The number of sulfone groups is 1. The molecule has 0 aliphatic carbocycles. The van der Waals surface area contributed by atoms with Crippen LogP contribution in [0.5, 0.6) is 11.5 Å². The predicted molar refractivity (Wildman–Crippen MR) is 102 cm³/mol. The fraction of sp³-hybridized carbons (Fsp3) is 0.350. The molecule has 27 heavy (non-hydrogen) atoms. The molecule has 1 fully saturated rings. The number of carbonyl (C=O) groups is 1. The van der Waals surface area contributed by atoms with E-state index < -0.39 is 15.1 Å². The van der Waals surface area contributed by atoms with E-state index in [1.54, 1.807) is 61.6 Å². The van der Waals surface area contributed by atoms with E-state index >= 15 is 0 Å². The van der Waals surface area contributed by atoms with Gasteiger partial charge in [-0.05, 0) is 36.2 Å². The summed E-state index contributed by atoms with van der Waals surface area (Å²) in [5, 5.41) is -0.561. The Bertz CT molecular complexity index is 911. The van der Waals surface area contributed by atoms with Crippen LogP contribution in [0.1, 0.15) is 12.0 Å². The van der Waals surface area contributed by atoms with Crippen molar-refractivity contribution in [3.05, 3.63) is 54.1 Å². The Morgan fingerprint density at radius 2 is 1.78 bits per heavy atom. The number of methoxy groups -OCH3 is 2. The summed E-state index contributed by atoms with van der Waals surface area (Å²) < 4.78 is 36.0. The van der Waals surface area contributed by atoms with Gasteiger partial charge in [0.25, 0.3) is 0 Å². The molecule has 6 nitrogen and oxygen atoms in total. The molecule has 0 saturated carbocycles. The minimum absolute atomic E-state index is 0.0898. The zero-order valence-electron chi connectivity index (χ0n) is 15.4. The highest BCUT2D eigenvalue weighted by atomic mass is 32.2. The Hall–Kier alpha value is -2.54. The van der Waals surface area contributed by atoms with Crippen LogP contribution in [0.15, 0.2) is 53.4 Å². The van der Waals surface area contributed by atoms with Crippen molar-refractivity contribution in [1.82, 2.24) is 4.90 Å². The molecular formula is C20H23NO5S. The van der Waals surface area contributed by atoms with Gasteiger partial charge < -0.3 is 14.4 Å². The lowest BCUT2D eigenvalue weighted by Crippen LogP contribution is -2.33. The third-order valence-electron chi connectivity index (χ3n) is 4.81. The highest BCUT2D eigenvalue weighted by Crippen LogP contribution is 2.28. The maximum Gasteiger partial charge on any atom is 0.227 e. The SMILES string of the molecule is COc1ccc(CC(=O)N2CC[C@@H](S(=O)(=O)c3ccccc3)C2)cc1OC. The van der Waals surface area contributed by atoms with Crippen LogP contribution >= 0.6 is 0 Å². The number of amides is 1. The maximum atomic E-state index is 12.7. The fourth-order valence-electron chi connectivity index (χ4n) is 3.29. The minimum atomic E-state index is -3.43. The number of hydrogen-bond donors (Lipinski definition) is 0. The molecule has 2 aromatic rings. The van der Waals surface area contributed by atoms with E-state index in [1.807, 2.05) is 6.07 Å². The van der Waals surface area contributed by atoms with E-state index in [0.29, 0.717) is 29.4 Å². The molecule has 1 amide bonds. The summed E-state index contributed by atoms with van der Waals surface area (Å²) in [6, 6.07) is 13.7. The van der Waals surface area contributed by atoms with Gasteiger partial charge in [-0.1, -0.05) is 24.3 Å². The molecule has 0 bridgehead atoms. The Morgan fingerprint density at radius 1 is 1.07 bits per heavy atom. The first kappa shape index (κ1) is 19.2. The summed E-state index contributed by atoms with van der Waals surface area (Å²) >= 11 is 0. The van der Waals surface area contributed by atoms with E-state index in [2.05, 4.69) is 0 Å². The molecule has 1 aliphatic heterocycles. The van der Waals surface area contributed by atoms with Gasteiger partial charge in [-0.2, -0.15) is 0 Å². The third kappa shape index (κ3) is 4.08. The Balaban J connectivity index is 1.68. The number of ether oxygens (including phenoxy) is 2. The summed E-state index contributed by atoms with van der Waals surface area (Å²) in [5.74, 6) is 1.07. The Morgan fingerprint density at radius 3 is 2.44 bits per heavy atom. The predicted octanol–water partition coefficient (Wildman–Crippen LogP) is 2.32. The average Bonchev–Trinajstić information content (AvgIpc) is 3.20. The van der Waals surface area contributed by atoms with Crippen LogP contribution in [-0.2, 0) is 21.1 Å². The summed E-state index contributed by atoms with van der Waals surface area (Å²) in [6.07, 6.45) is 0.646. The molecule has 0 unspecified atom stereocenters. The smallest absolute Gasteiger partial charge is 0.227 e. The molecule has 1 atom stereocenters. The average molecular weight is 389 g/mol.